The van der Waals surface area contributed by atoms with Gasteiger partial charge in [0.2, 0.25) is 0 Å². The number of halogens is 2. The average Bonchev–Trinajstić information content (AvgIpc) is 2.83. The van der Waals surface area contributed by atoms with Gasteiger partial charge in [-0.05, 0) is 23.9 Å². The van der Waals surface area contributed by atoms with Crippen molar-refractivity contribution in [2.24, 2.45) is 0 Å². The zero-order chi connectivity index (χ0) is 15.1. The second-order valence-electron chi connectivity index (χ2n) is 3.72. The molecule has 0 radical (unpaired) electrons. The highest BCUT2D eigenvalue weighted by atomic mass is 35.5. The molecule has 10 heteroatoms. The van der Waals surface area contributed by atoms with Crippen molar-refractivity contribution in [2.45, 2.75) is 11.8 Å². The predicted molar refractivity (Wildman–Crippen MR) is 81.2 cm³/mol. The predicted octanol–water partition coefficient (Wildman–Crippen LogP) is 3.92. The van der Waals surface area contributed by atoms with E-state index in [0.29, 0.717) is 5.56 Å². The lowest BCUT2D eigenvalue weighted by Crippen LogP contribution is -2.14. The Morgan fingerprint density at radius 2 is 2.05 bits per heavy atom. The second-order valence-corrected chi connectivity index (χ2v) is 8.54. The number of aromatic carboxylic acids is 1. The van der Waals surface area contributed by atoms with Gasteiger partial charge in [0, 0.05) is 0 Å². The fraction of sp³-hybridized carbons (Fsp3) is 0.100. The molecule has 2 rings (SSSR count). The molecule has 0 aliphatic carbocycles. The maximum absolute atomic E-state index is 12.2. The first kappa shape index (κ1) is 15.6. The summed E-state index contributed by atoms with van der Waals surface area (Å²) < 4.78 is 27.0. The molecule has 0 spiro atoms. The summed E-state index contributed by atoms with van der Waals surface area (Å²) in [5.41, 5.74) is 0.564. The fourth-order valence-corrected chi connectivity index (χ4v) is 5.63. The van der Waals surface area contributed by atoms with Gasteiger partial charge in [0.15, 0.2) is 0 Å². The molecule has 5 nitrogen and oxygen atoms in total. The van der Waals surface area contributed by atoms with Crippen LogP contribution in [0.25, 0.3) is 0 Å². The number of nitrogens with one attached hydrogen (secondary N) is 1. The van der Waals surface area contributed by atoms with Crippen LogP contribution in [0.2, 0.25) is 8.67 Å². The summed E-state index contributed by atoms with van der Waals surface area (Å²) in [5, 5.41) is 10.6. The molecule has 0 saturated carbocycles. The number of carboxylic acids is 1. The first-order chi connectivity index (χ1) is 9.22. The van der Waals surface area contributed by atoms with E-state index >= 15 is 0 Å². The van der Waals surface area contributed by atoms with Gasteiger partial charge in [-0.1, -0.05) is 23.2 Å². The van der Waals surface area contributed by atoms with Gasteiger partial charge in [0.25, 0.3) is 10.0 Å². The molecule has 0 aliphatic rings. The Bertz CT molecular complexity index is 779. The summed E-state index contributed by atoms with van der Waals surface area (Å²) in [4.78, 5) is 10.8. The van der Waals surface area contributed by atoms with Crippen LogP contribution >= 0.6 is 45.9 Å². The number of hydrogen-bond acceptors (Lipinski definition) is 5. The molecule has 2 aromatic rings. The molecule has 0 unspecified atom stereocenters. The molecule has 0 saturated heterocycles. The summed E-state index contributed by atoms with van der Waals surface area (Å²) in [6.45, 7) is 1.61. The van der Waals surface area contributed by atoms with Crippen LogP contribution in [0.4, 0.5) is 5.69 Å². The van der Waals surface area contributed by atoms with Gasteiger partial charge < -0.3 is 5.11 Å². The molecular formula is C10H7Cl2NO4S3. The molecule has 2 heterocycles. The normalized spacial score (nSPS) is 11.6. The van der Waals surface area contributed by atoms with E-state index in [1.165, 1.54) is 6.07 Å². The molecule has 0 aliphatic heterocycles. The number of carboxylic acid groups (broad SMARTS) is 1. The summed E-state index contributed by atoms with van der Waals surface area (Å²) in [6.07, 6.45) is 0. The van der Waals surface area contributed by atoms with E-state index in [-0.39, 0.29) is 24.1 Å². The van der Waals surface area contributed by atoms with E-state index in [1.54, 1.807) is 12.3 Å². The average molecular weight is 372 g/mol. The molecule has 0 fully saturated rings. The lowest BCUT2D eigenvalue weighted by Gasteiger charge is -2.08. The Labute approximate surface area is 132 Å². The number of rotatable bonds is 4. The zero-order valence-corrected chi connectivity index (χ0v) is 13.8. The van der Waals surface area contributed by atoms with Gasteiger partial charge in [0.1, 0.15) is 14.1 Å². The number of sulfonamides is 1. The molecule has 2 N–H and O–H groups in total. The van der Waals surface area contributed by atoms with Gasteiger partial charge in [-0.2, -0.15) is 0 Å². The molecule has 0 atom stereocenters. The van der Waals surface area contributed by atoms with Crippen molar-refractivity contribution in [1.29, 1.82) is 0 Å². The van der Waals surface area contributed by atoms with Crippen LogP contribution < -0.4 is 4.72 Å². The quantitative estimate of drug-likeness (QED) is 0.852. The lowest BCUT2D eigenvalue weighted by atomic mass is 10.3. The van der Waals surface area contributed by atoms with Crippen molar-refractivity contribution in [2.75, 3.05) is 4.72 Å². The summed E-state index contributed by atoms with van der Waals surface area (Å²) in [5.74, 6) is -1.20. The summed E-state index contributed by atoms with van der Waals surface area (Å²) >= 11 is 13.4. The highest BCUT2D eigenvalue weighted by Crippen LogP contribution is 2.36. The van der Waals surface area contributed by atoms with Crippen molar-refractivity contribution >= 4 is 67.6 Å². The van der Waals surface area contributed by atoms with Crippen LogP contribution in [-0.4, -0.2) is 19.5 Å². The van der Waals surface area contributed by atoms with E-state index in [4.69, 9.17) is 28.3 Å². The third-order valence-corrected chi connectivity index (χ3v) is 6.51. The third-order valence-electron chi connectivity index (χ3n) is 2.32. The Morgan fingerprint density at radius 1 is 1.40 bits per heavy atom. The van der Waals surface area contributed by atoms with Crippen LogP contribution in [0.5, 0.6) is 0 Å². The Kier molecular flexibility index (Phi) is 4.31. The van der Waals surface area contributed by atoms with Crippen molar-refractivity contribution in [1.82, 2.24) is 0 Å². The SMILES string of the molecule is Cc1csc(C(=O)O)c1NS(=O)(=O)c1cc(Cl)sc1Cl. The first-order valence-electron chi connectivity index (χ1n) is 5.01. The Balaban J connectivity index is 2.46. The smallest absolute Gasteiger partial charge is 0.348 e. The minimum atomic E-state index is -3.98. The van der Waals surface area contributed by atoms with E-state index in [2.05, 4.69) is 4.72 Å². The molecule has 0 bridgehead atoms. The van der Waals surface area contributed by atoms with Gasteiger partial charge in [-0.25, -0.2) is 13.2 Å². The van der Waals surface area contributed by atoms with Crippen LogP contribution in [0.15, 0.2) is 16.3 Å². The van der Waals surface area contributed by atoms with E-state index in [0.717, 1.165) is 22.7 Å². The van der Waals surface area contributed by atoms with Gasteiger partial charge >= 0.3 is 5.97 Å². The highest BCUT2D eigenvalue weighted by Gasteiger charge is 2.25. The summed E-state index contributed by atoms with van der Waals surface area (Å²) in [7, 11) is -3.98. The Morgan fingerprint density at radius 3 is 2.55 bits per heavy atom. The molecule has 0 amide bonds. The lowest BCUT2D eigenvalue weighted by molar-refractivity contribution is 0.0703. The van der Waals surface area contributed by atoms with Crippen molar-refractivity contribution in [3.63, 3.8) is 0 Å². The number of hydrogen-bond donors (Lipinski definition) is 2. The minimum Gasteiger partial charge on any atom is -0.477 e. The van der Waals surface area contributed by atoms with Crippen LogP contribution in [0.1, 0.15) is 15.2 Å². The van der Waals surface area contributed by atoms with E-state index < -0.39 is 16.0 Å². The fourth-order valence-electron chi connectivity index (χ4n) is 1.43. The molecule has 20 heavy (non-hydrogen) atoms. The highest BCUT2D eigenvalue weighted by molar-refractivity contribution is 7.93. The molecular weight excluding hydrogens is 365 g/mol. The van der Waals surface area contributed by atoms with Gasteiger partial charge in [0.05, 0.1) is 10.0 Å². The Hall–Kier alpha value is -0.800. The van der Waals surface area contributed by atoms with Crippen LogP contribution in [-0.2, 0) is 10.0 Å². The number of carbonyl (C=O) groups is 1. The minimum absolute atomic E-state index is 0.0206. The standard InChI is InChI=1S/C10H7Cl2NO4S3/c1-4-3-18-8(10(14)15)7(4)13-20(16,17)5-2-6(11)19-9(5)12/h2-3,13H,1H3,(H,14,15). The van der Waals surface area contributed by atoms with Crippen molar-refractivity contribution < 1.29 is 18.3 Å². The van der Waals surface area contributed by atoms with Crippen LogP contribution in [0.3, 0.4) is 0 Å². The molecule has 0 aromatic carbocycles. The van der Waals surface area contributed by atoms with Crippen molar-refractivity contribution in [3.05, 3.63) is 30.6 Å². The third kappa shape index (κ3) is 2.94. The number of aryl methyl sites for hydroxylation is 1. The van der Waals surface area contributed by atoms with E-state index in [9.17, 15) is 13.2 Å². The zero-order valence-electron chi connectivity index (χ0n) is 9.81. The summed E-state index contributed by atoms with van der Waals surface area (Å²) in [6, 6.07) is 1.22. The van der Waals surface area contributed by atoms with Crippen molar-refractivity contribution in [3.8, 4) is 0 Å². The monoisotopic (exact) mass is 371 g/mol. The number of anilines is 1. The van der Waals surface area contributed by atoms with Gasteiger partial charge in [-0.15, -0.1) is 22.7 Å². The van der Waals surface area contributed by atoms with Gasteiger partial charge in [-0.3, -0.25) is 4.72 Å². The molecule has 2 aromatic heterocycles. The maximum atomic E-state index is 12.2. The molecule has 108 valence electrons. The first-order valence-corrected chi connectivity index (χ1v) is 8.95. The largest absolute Gasteiger partial charge is 0.477 e. The number of thiophene rings is 2. The maximum Gasteiger partial charge on any atom is 0.348 e. The van der Waals surface area contributed by atoms with Crippen LogP contribution in [0, 0.1) is 6.92 Å². The van der Waals surface area contributed by atoms with E-state index in [1.807, 2.05) is 0 Å². The second kappa shape index (κ2) is 5.53. The topological polar surface area (TPSA) is 83.5 Å².